The third kappa shape index (κ3) is 4.81. The van der Waals surface area contributed by atoms with Gasteiger partial charge in [0.15, 0.2) is 5.58 Å². The van der Waals surface area contributed by atoms with Crippen molar-refractivity contribution in [1.82, 2.24) is 4.98 Å². The fourth-order valence-electron chi connectivity index (χ4n) is 9.10. The van der Waals surface area contributed by atoms with Gasteiger partial charge in [-0.15, -0.1) is 0 Å². The molecule has 10 aromatic rings. The van der Waals surface area contributed by atoms with Crippen LogP contribution in [-0.2, 0) is 6.42 Å². The van der Waals surface area contributed by atoms with Crippen molar-refractivity contribution in [3.05, 3.63) is 174 Å². The molecule has 8 aromatic carbocycles. The lowest BCUT2D eigenvalue weighted by Gasteiger charge is -2.26. The quantitative estimate of drug-likeness (QED) is 0.171. The largest absolute Gasteiger partial charge is 0.456 e. The minimum atomic E-state index is 0.663. The van der Waals surface area contributed by atoms with Gasteiger partial charge in [0.1, 0.15) is 16.7 Å². The molecule has 4 nitrogen and oxygen atoms in total. The maximum absolute atomic E-state index is 6.70. The zero-order chi connectivity index (χ0) is 36.0. The fourth-order valence-corrected chi connectivity index (χ4v) is 9.10. The van der Waals surface area contributed by atoms with Crippen molar-refractivity contribution in [3.8, 4) is 11.5 Å². The number of para-hydroxylation sites is 1. The highest BCUT2D eigenvalue weighted by Crippen LogP contribution is 2.43. The lowest BCUT2D eigenvalue weighted by Crippen LogP contribution is -2.09. The first-order valence-electron chi connectivity index (χ1n) is 19.2. The third-order valence-corrected chi connectivity index (χ3v) is 11.8. The zero-order valence-electron chi connectivity index (χ0n) is 30.1. The molecule has 0 atom stereocenters. The number of anilines is 3. The van der Waals surface area contributed by atoms with Crippen molar-refractivity contribution in [1.29, 1.82) is 0 Å². The van der Waals surface area contributed by atoms with Crippen LogP contribution < -0.4 is 4.90 Å². The summed E-state index contributed by atoms with van der Waals surface area (Å²) in [7, 11) is 0. The van der Waals surface area contributed by atoms with Gasteiger partial charge < -0.3 is 13.7 Å². The molecule has 2 heterocycles. The Morgan fingerprint density at radius 3 is 2.22 bits per heavy atom. The minimum absolute atomic E-state index is 0.663. The van der Waals surface area contributed by atoms with Crippen LogP contribution in [0.25, 0.3) is 82.4 Å². The molecule has 55 heavy (non-hydrogen) atoms. The molecular formula is C51H34N2O2. The van der Waals surface area contributed by atoms with E-state index in [1.165, 1.54) is 32.9 Å². The number of hydrogen-bond donors (Lipinski definition) is 0. The van der Waals surface area contributed by atoms with Gasteiger partial charge in [0.2, 0.25) is 5.89 Å². The highest BCUT2D eigenvalue weighted by molar-refractivity contribution is 6.16. The van der Waals surface area contributed by atoms with Gasteiger partial charge in [-0.2, -0.15) is 0 Å². The Hall–Kier alpha value is -6.91. The van der Waals surface area contributed by atoms with Crippen LogP contribution in [0.1, 0.15) is 30.4 Å². The molecule has 4 heteroatoms. The van der Waals surface area contributed by atoms with Crippen molar-refractivity contribution in [2.24, 2.45) is 0 Å². The molecule has 2 aliphatic rings. The van der Waals surface area contributed by atoms with Crippen molar-refractivity contribution >= 4 is 88.0 Å². The highest BCUT2D eigenvalue weighted by atomic mass is 16.3. The summed E-state index contributed by atoms with van der Waals surface area (Å²) < 4.78 is 12.9. The number of rotatable bonds is 4. The zero-order valence-corrected chi connectivity index (χ0v) is 30.1. The summed E-state index contributed by atoms with van der Waals surface area (Å²) in [6.07, 6.45) is 9.19. The lowest BCUT2D eigenvalue weighted by atomic mass is 9.81. The number of furan rings is 1. The summed E-state index contributed by atoms with van der Waals surface area (Å²) in [4.78, 5) is 7.40. The van der Waals surface area contributed by atoms with Gasteiger partial charge in [0.25, 0.3) is 0 Å². The van der Waals surface area contributed by atoms with E-state index in [0.717, 1.165) is 97.5 Å². The number of benzene rings is 8. The van der Waals surface area contributed by atoms with Crippen LogP contribution in [0.5, 0.6) is 0 Å². The molecule has 0 saturated carbocycles. The van der Waals surface area contributed by atoms with E-state index < -0.39 is 0 Å². The molecule has 0 aliphatic heterocycles. The summed E-state index contributed by atoms with van der Waals surface area (Å²) in [5.74, 6) is 0.663. The smallest absolute Gasteiger partial charge is 0.227 e. The first-order chi connectivity index (χ1) is 27.2. The molecule has 12 rings (SSSR count). The average molecular weight is 707 g/mol. The maximum Gasteiger partial charge on any atom is 0.227 e. The lowest BCUT2D eigenvalue weighted by molar-refractivity contribution is 0.623. The van der Waals surface area contributed by atoms with Crippen LogP contribution in [0.4, 0.5) is 17.1 Å². The van der Waals surface area contributed by atoms with Gasteiger partial charge >= 0.3 is 0 Å². The Balaban J connectivity index is 1.02. The molecule has 0 fully saturated rings. The highest BCUT2D eigenvalue weighted by Gasteiger charge is 2.22. The van der Waals surface area contributed by atoms with Gasteiger partial charge in [0, 0.05) is 38.8 Å². The Kier molecular flexibility index (Phi) is 6.55. The normalized spacial score (nSPS) is 14.1. The fraction of sp³-hybridized carbons (Fsp3) is 0.0784. The number of fused-ring (bicyclic) bond motifs is 11. The van der Waals surface area contributed by atoms with E-state index in [9.17, 15) is 0 Å². The first-order valence-corrected chi connectivity index (χ1v) is 19.2. The van der Waals surface area contributed by atoms with Gasteiger partial charge in [-0.1, -0.05) is 90.5 Å². The predicted octanol–water partition coefficient (Wildman–Crippen LogP) is 14.4. The van der Waals surface area contributed by atoms with Crippen LogP contribution in [0.2, 0.25) is 0 Å². The summed E-state index contributed by atoms with van der Waals surface area (Å²) in [5, 5.41) is 9.14. The van der Waals surface area contributed by atoms with Gasteiger partial charge in [0.05, 0.1) is 0 Å². The minimum Gasteiger partial charge on any atom is -0.456 e. The van der Waals surface area contributed by atoms with Gasteiger partial charge in [-0.05, 0) is 142 Å². The third-order valence-electron chi connectivity index (χ3n) is 11.8. The molecule has 0 spiro atoms. The molecule has 0 saturated heterocycles. The second-order valence-electron chi connectivity index (χ2n) is 15.0. The average Bonchev–Trinajstić information content (AvgIpc) is 3.85. The predicted molar refractivity (Wildman–Crippen MR) is 228 cm³/mol. The second-order valence-corrected chi connectivity index (χ2v) is 15.0. The number of hydrogen-bond acceptors (Lipinski definition) is 4. The maximum atomic E-state index is 6.70. The van der Waals surface area contributed by atoms with Gasteiger partial charge in [-0.25, -0.2) is 4.98 Å². The molecular weight excluding hydrogens is 673 g/mol. The molecule has 260 valence electrons. The standard InChI is InChI=1S/C51H34N2O2/c1-2-9-35-27-37(20-17-31(35)7-1)53(39-22-26-49-46(30-39)42-11-5-6-12-48(42)54-49)38-21-18-34-19-23-43-41(45(34)29-38)24-25-47-50(43)55-51(52-47)36-16-15-33-14-13-32-8-3-4-10-40(32)44(33)28-36/h1-2,4-7,9-12,15-30H,3,8,13-14H2. The van der Waals surface area contributed by atoms with E-state index >= 15 is 0 Å². The van der Waals surface area contributed by atoms with Crippen molar-refractivity contribution in [2.45, 2.75) is 25.7 Å². The van der Waals surface area contributed by atoms with Crippen LogP contribution in [0.15, 0.2) is 172 Å². The Labute approximate surface area is 317 Å². The molecule has 2 aromatic heterocycles. The Morgan fingerprint density at radius 1 is 0.509 bits per heavy atom. The Bertz CT molecular complexity index is 3290. The first kappa shape index (κ1) is 30.5. The van der Waals surface area contributed by atoms with E-state index in [2.05, 4.69) is 151 Å². The van der Waals surface area contributed by atoms with Crippen LogP contribution in [-0.4, -0.2) is 4.98 Å². The second kappa shape index (κ2) is 11.8. The van der Waals surface area contributed by atoms with E-state index in [1.807, 2.05) is 12.1 Å². The molecule has 0 radical (unpaired) electrons. The summed E-state index contributed by atoms with van der Waals surface area (Å²) >= 11 is 0. The van der Waals surface area contributed by atoms with E-state index in [1.54, 1.807) is 5.57 Å². The van der Waals surface area contributed by atoms with Crippen LogP contribution >= 0.6 is 0 Å². The van der Waals surface area contributed by atoms with E-state index in [4.69, 9.17) is 13.8 Å². The number of aryl methyl sites for hydroxylation is 1. The number of nitrogens with zero attached hydrogens (tertiary/aromatic N) is 2. The molecule has 2 aliphatic carbocycles. The number of oxazole rings is 1. The van der Waals surface area contributed by atoms with Crippen LogP contribution in [0, 0.1) is 0 Å². The number of allylic oxidation sites excluding steroid dienone is 4. The SMILES string of the molecule is C1=CC2=C(CC1)CCc1ccc(-c3nc4ccc5c6cc(N(c7ccc8ccccc8c7)c7ccc8oc9ccccc9c8c7)ccc6ccc5c4o3)cc12. The summed E-state index contributed by atoms with van der Waals surface area (Å²) in [6.45, 7) is 0. The molecule has 0 bridgehead atoms. The molecule has 0 unspecified atom stereocenters. The van der Waals surface area contributed by atoms with Crippen molar-refractivity contribution in [3.63, 3.8) is 0 Å². The van der Waals surface area contributed by atoms with E-state index in [-0.39, 0.29) is 0 Å². The van der Waals surface area contributed by atoms with Crippen molar-refractivity contribution < 1.29 is 8.83 Å². The monoisotopic (exact) mass is 706 g/mol. The number of aromatic nitrogens is 1. The van der Waals surface area contributed by atoms with Crippen LogP contribution in [0.3, 0.4) is 0 Å². The van der Waals surface area contributed by atoms with Gasteiger partial charge in [-0.3, -0.25) is 0 Å². The van der Waals surface area contributed by atoms with E-state index in [0.29, 0.717) is 5.89 Å². The van der Waals surface area contributed by atoms with Crippen molar-refractivity contribution in [2.75, 3.05) is 4.90 Å². The topological polar surface area (TPSA) is 42.4 Å². The molecule has 0 N–H and O–H groups in total. The summed E-state index contributed by atoms with van der Waals surface area (Å²) in [5.41, 5.74) is 13.4. The Morgan fingerprint density at radius 2 is 1.27 bits per heavy atom. The molecule has 0 amide bonds. The summed E-state index contributed by atoms with van der Waals surface area (Å²) in [6, 6.07) is 52.2.